The third-order valence-corrected chi connectivity index (χ3v) is 17.3. The molecule has 19 nitrogen and oxygen atoms in total. The molecule has 2 aromatic rings. The van der Waals surface area contributed by atoms with Crippen molar-refractivity contribution in [3.63, 3.8) is 0 Å². The third-order valence-electron chi connectivity index (χ3n) is 16.4. The third kappa shape index (κ3) is 20.2. The maximum absolute atomic E-state index is 14.6. The number of carbonyl (C=O) groups excluding carboxylic acids is 8. The van der Waals surface area contributed by atoms with Crippen LogP contribution in [-0.4, -0.2) is 175 Å². The Kier molecular flexibility index (Phi) is 29.4. The standard InChI is InChI=1S/C63H98N8O11S/c1-15-42(6)57(69(11)63(79)55(40(2)3)65-61(77)56(41(4)5)68(9)10)49(80-12)38-52(73)70-37-27-33-48(70)58(81-13)43(7)60(76)64-44(8)59(46-30-21-17-22-31-46)82-54(75)35-25-24-32-47(45-28-19-16-20-29-45)66-67-51(72)34-23-18-26-36-71-53(74)39-50(83-14)62(71)78/h16-17,19-22,28-31,40-44,48-50,55-59H,15,18,23-27,32-39H2,1-14H3,(H,64,76)(H,65,77)(H,67,72)/b66-47+/t42-,43+,44+,48-,49+,50?,55-,56-,57-,58+,59?/m0/s1. The molecule has 2 aliphatic rings. The van der Waals surface area contributed by atoms with Gasteiger partial charge >= 0.3 is 5.97 Å². The highest BCUT2D eigenvalue weighted by Crippen LogP contribution is 2.31. The molecule has 2 fully saturated rings. The topological polar surface area (TPSA) is 226 Å². The number of ether oxygens (including phenoxy) is 3. The molecule has 20 heteroatoms. The van der Waals surface area contributed by atoms with Crippen LogP contribution < -0.4 is 16.1 Å². The molecule has 2 aromatic carbocycles. The van der Waals surface area contributed by atoms with Crippen LogP contribution in [0.3, 0.4) is 0 Å². The SMILES string of the molecule is CC[C@H](C)[C@@H]([C@@H](CC(=O)N1CCC[C@H]1[C@H](OC)[C@@H](C)C(=O)N[C@H](C)C(OC(=O)CCCC/C(=N\NC(=O)CCCCCN1C(=O)CC(SC)C1=O)c1ccccc1)c1ccccc1)OC)N(C)C(=O)[C@@H](NC(=O)[C@H](C(C)C)N(C)C)C(C)C. The van der Waals surface area contributed by atoms with E-state index in [1.54, 1.807) is 44.9 Å². The second-order valence-electron chi connectivity index (χ2n) is 23.4. The molecule has 2 saturated heterocycles. The summed E-state index contributed by atoms with van der Waals surface area (Å²) in [6.07, 6.45) is 5.59. The van der Waals surface area contributed by atoms with Crippen LogP contribution >= 0.6 is 11.8 Å². The van der Waals surface area contributed by atoms with E-state index >= 15 is 0 Å². The lowest BCUT2D eigenvalue weighted by Gasteiger charge is -2.41. The number of benzene rings is 2. The first-order valence-corrected chi connectivity index (χ1v) is 31.2. The summed E-state index contributed by atoms with van der Waals surface area (Å²) in [6.45, 7) is 16.2. The highest BCUT2D eigenvalue weighted by molar-refractivity contribution is 8.00. The molecule has 0 spiro atoms. The minimum Gasteiger partial charge on any atom is -0.455 e. The van der Waals surface area contributed by atoms with Crippen LogP contribution in [0.5, 0.6) is 0 Å². The van der Waals surface area contributed by atoms with E-state index in [4.69, 9.17) is 14.2 Å². The molecule has 2 aliphatic heterocycles. The molecule has 0 radical (unpaired) electrons. The normalized spacial score (nSPS) is 19.0. The summed E-state index contributed by atoms with van der Waals surface area (Å²) in [7, 11) is 8.51. The number of methoxy groups -OCH3 is 2. The average molecular weight is 1180 g/mol. The predicted molar refractivity (Wildman–Crippen MR) is 325 cm³/mol. The van der Waals surface area contributed by atoms with E-state index in [2.05, 4.69) is 21.2 Å². The Bertz CT molecular complexity index is 2440. The Balaban J connectivity index is 1.37. The van der Waals surface area contributed by atoms with Gasteiger partial charge in [0.2, 0.25) is 41.4 Å². The monoisotopic (exact) mass is 1170 g/mol. The second kappa shape index (κ2) is 34.9. The molecule has 11 atom stereocenters. The van der Waals surface area contributed by atoms with Crippen LogP contribution in [0.4, 0.5) is 0 Å². The number of unbranched alkanes of at least 4 members (excludes halogenated alkanes) is 3. The molecule has 0 bridgehead atoms. The van der Waals surface area contributed by atoms with E-state index in [0.29, 0.717) is 82.2 Å². The molecular weight excluding hydrogens is 1080 g/mol. The van der Waals surface area contributed by atoms with Crippen molar-refractivity contribution in [2.45, 2.75) is 193 Å². The Labute approximate surface area is 498 Å². The van der Waals surface area contributed by atoms with Gasteiger partial charge in [0.15, 0.2) is 0 Å². The average Bonchev–Trinajstić information content (AvgIpc) is 4.30. The second-order valence-corrected chi connectivity index (χ2v) is 24.4. The van der Waals surface area contributed by atoms with Crippen molar-refractivity contribution in [1.29, 1.82) is 0 Å². The highest BCUT2D eigenvalue weighted by Gasteiger charge is 2.44. The zero-order chi connectivity index (χ0) is 61.5. The Morgan fingerprint density at radius 1 is 0.783 bits per heavy atom. The van der Waals surface area contributed by atoms with Gasteiger partial charge in [0.05, 0.1) is 59.7 Å². The predicted octanol–water partition coefficient (Wildman–Crippen LogP) is 7.55. The number of amides is 7. The van der Waals surface area contributed by atoms with Crippen molar-refractivity contribution in [3.05, 3.63) is 71.8 Å². The van der Waals surface area contributed by atoms with E-state index in [9.17, 15) is 38.4 Å². The molecule has 4 rings (SSSR count). The molecule has 83 heavy (non-hydrogen) atoms. The maximum atomic E-state index is 14.6. The minimum absolute atomic E-state index is 0.0151. The van der Waals surface area contributed by atoms with Crippen molar-refractivity contribution in [1.82, 2.24) is 35.7 Å². The van der Waals surface area contributed by atoms with Crippen molar-refractivity contribution >= 4 is 64.8 Å². The Hall–Kier alpha value is -5.70. The summed E-state index contributed by atoms with van der Waals surface area (Å²) in [5.74, 6) is -2.95. The van der Waals surface area contributed by atoms with Crippen LogP contribution in [0.1, 0.15) is 156 Å². The molecule has 3 N–H and O–H groups in total. The van der Waals surface area contributed by atoms with Crippen LogP contribution in [0.15, 0.2) is 65.8 Å². The number of imide groups is 1. The Morgan fingerprint density at radius 2 is 1.42 bits per heavy atom. The number of likely N-dealkylation sites (N-methyl/N-ethyl adjacent to an activating group) is 2. The molecule has 2 unspecified atom stereocenters. The first-order chi connectivity index (χ1) is 39.5. The van der Waals surface area contributed by atoms with E-state index in [1.807, 2.05) is 127 Å². The lowest BCUT2D eigenvalue weighted by atomic mass is 9.89. The minimum atomic E-state index is -0.823. The number of hydrogen-bond acceptors (Lipinski definition) is 14. The molecular formula is C63H98N8O11S. The summed E-state index contributed by atoms with van der Waals surface area (Å²) >= 11 is 1.39. The molecule has 7 amide bonds. The van der Waals surface area contributed by atoms with Crippen molar-refractivity contribution in [3.8, 4) is 0 Å². The lowest BCUT2D eigenvalue weighted by Crippen LogP contribution is -2.59. The van der Waals surface area contributed by atoms with Gasteiger partial charge in [-0.15, -0.1) is 0 Å². The van der Waals surface area contributed by atoms with Crippen molar-refractivity contribution < 1.29 is 52.6 Å². The van der Waals surface area contributed by atoms with E-state index < -0.39 is 60.4 Å². The fraction of sp³-hybridized carbons (Fsp3) is 0.667. The van der Waals surface area contributed by atoms with E-state index in [-0.39, 0.29) is 90.0 Å². The highest BCUT2D eigenvalue weighted by atomic mass is 32.2. The molecule has 462 valence electrons. The number of nitrogens with zero attached hydrogens (tertiary/aromatic N) is 5. The molecule has 0 aromatic heterocycles. The number of esters is 1. The van der Waals surface area contributed by atoms with Crippen molar-refractivity contribution in [2.24, 2.45) is 28.8 Å². The summed E-state index contributed by atoms with van der Waals surface area (Å²) in [4.78, 5) is 115. The zero-order valence-electron chi connectivity index (χ0n) is 52.0. The number of likely N-dealkylation sites (tertiary alicyclic amines) is 2. The van der Waals surface area contributed by atoms with Crippen LogP contribution in [0.25, 0.3) is 0 Å². The van der Waals surface area contributed by atoms with Gasteiger partial charge in [-0.1, -0.05) is 122 Å². The molecule has 0 aliphatic carbocycles. The van der Waals surface area contributed by atoms with Gasteiger partial charge in [0.1, 0.15) is 12.1 Å². The Morgan fingerprint density at radius 3 is 2.00 bits per heavy atom. The van der Waals surface area contributed by atoms with Crippen LogP contribution in [-0.2, 0) is 52.6 Å². The van der Waals surface area contributed by atoms with Gasteiger partial charge in [-0.05, 0) is 101 Å². The maximum Gasteiger partial charge on any atom is 0.306 e. The fourth-order valence-corrected chi connectivity index (χ4v) is 12.2. The van der Waals surface area contributed by atoms with Gasteiger partial charge in [0, 0.05) is 53.6 Å². The van der Waals surface area contributed by atoms with Gasteiger partial charge in [-0.25, -0.2) is 5.43 Å². The smallest absolute Gasteiger partial charge is 0.306 e. The first kappa shape index (κ1) is 69.8. The van der Waals surface area contributed by atoms with Crippen molar-refractivity contribution in [2.75, 3.05) is 54.7 Å². The van der Waals surface area contributed by atoms with E-state index in [0.717, 1.165) is 5.56 Å². The van der Waals surface area contributed by atoms with Gasteiger partial charge in [-0.2, -0.15) is 16.9 Å². The molecule has 0 saturated carbocycles. The number of hydrogen-bond donors (Lipinski definition) is 3. The number of carbonyl (C=O) groups is 8. The quantitative estimate of drug-likeness (QED) is 0.0200. The summed E-state index contributed by atoms with van der Waals surface area (Å²) in [5.41, 5.74) is 4.91. The summed E-state index contributed by atoms with van der Waals surface area (Å²) < 4.78 is 18.3. The summed E-state index contributed by atoms with van der Waals surface area (Å²) in [5, 5.41) is 10.3. The lowest BCUT2D eigenvalue weighted by molar-refractivity contribution is -0.152. The summed E-state index contributed by atoms with van der Waals surface area (Å²) in [6, 6.07) is 15.9. The zero-order valence-corrected chi connectivity index (χ0v) is 52.8. The van der Waals surface area contributed by atoms with Gasteiger partial charge < -0.3 is 34.6 Å². The van der Waals surface area contributed by atoms with E-state index in [1.165, 1.54) is 16.7 Å². The number of thioether (sulfide) groups is 1. The van der Waals surface area contributed by atoms with Gasteiger partial charge in [0.25, 0.3) is 0 Å². The fourth-order valence-electron chi connectivity index (χ4n) is 11.6. The number of rotatable bonds is 35. The van der Waals surface area contributed by atoms with Crippen LogP contribution in [0.2, 0.25) is 0 Å². The largest absolute Gasteiger partial charge is 0.455 e. The number of hydrazone groups is 1. The first-order valence-electron chi connectivity index (χ1n) is 29.9. The molecule has 2 heterocycles. The number of nitrogens with one attached hydrogen (secondary N) is 3. The van der Waals surface area contributed by atoms with Gasteiger partial charge in [-0.3, -0.25) is 48.2 Å². The van der Waals surface area contributed by atoms with Crippen LogP contribution in [0, 0.1) is 23.7 Å².